The molecule has 1 fully saturated rings. The third-order valence-electron chi connectivity index (χ3n) is 3.27. The molecule has 0 amide bonds. The number of nitro groups is 1. The average Bonchev–Trinajstić information content (AvgIpc) is 2.00. The number of hydrogen-bond acceptors (Lipinski definition) is 3. The molecule has 1 aliphatic heterocycles. The molecule has 0 bridgehead atoms. The second kappa shape index (κ2) is 5.29. The number of halogens is 1. The molecule has 0 aliphatic carbocycles. The Labute approximate surface area is 102 Å². The number of likely N-dealkylation sites (tertiary alicyclic amines) is 1. The number of nitrogens with one attached hydrogen (secondary N) is 1. The largest absolute Gasteiger partial charge is 1.00 e. The van der Waals surface area contributed by atoms with E-state index in [2.05, 4.69) is 20.8 Å². The summed E-state index contributed by atoms with van der Waals surface area (Å²) in [6.45, 7) is 7.77. The van der Waals surface area contributed by atoms with Crippen LogP contribution in [-0.4, -0.2) is 40.8 Å². The minimum Gasteiger partial charge on any atom is -1.00 e. The summed E-state index contributed by atoms with van der Waals surface area (Å²) in [4.78, 5) is 11.4. The molecule has 6 heteroatoms. The quantitative estimate of drug-likeness (QED) is 0.396. The Kier molecular flexibility index (Phi) is 5.16. The molecule has 0 atom stereocenters. The van der Waals surface area contributed by atoms with Crippen molar-refractivity contribution in [1.29, 1.82) is 0 Å². The Morgan fingerprint density at radius 3 is 2.12 bits per heavy atom. The van der Waals surface area contributed by atoms with Crippen molar-refractivity contribution in [3.8, 4) is 0 Å². The van der Waals surface area contributed by atoms with Crippen molar-refractivity contribution in [3.05, 3.63) is 10.1 Å². The Bertz CT molecular complexity index is 245. The van der Waals surface area contributed by atoms with Gasteiger partial charge < -0.3 is 22.4 Å². The number of quaternary nitrogens is 1. The Hall–Kier alpha value is -0.390. The standard InChI is InChI=1S/C10H20N2O3.ClH/c1-9(2,3)11-6-4-10(13,5-7-11)8-12(14)15;/h13H,4-8H2,1-3H3;1H. The van der Waals surface area contributed by atoms with E-state index in [1.54, 1.807) is 0 Å². The lowest BCUT2D eigenvalue weighted by Crippen LogP contribution is -3.20. The van der Waals surface area contributed by atoms with Gasteiger partial charge in [0.1, 0.15) is 5.60 Å². The molecule has 96 valence electrons. The van der Waals surface area contributed by atoms with Gasteiger partial charge in [-0.2, -0.15) is 0 Å². The van der Waals surface area contributed by atoms with Crippen LogP contribution in [0.4, 0.5) is 0 Å². The normalized spacial score (nSPS) is 30.6. The van der Waals surface area contributed by atoms with Gasteiger partial charge >= 0.3 is 0 Å². The molecule has 1 saturated heterocycles. The first kappa shape index (κ1) is 15.6. The second-order valence-electron chi connectivity index (χ2n) is 5.57. The van der Waals surface area contributed by atoms with Crippen molar-refractivity contribution in [1.82, 2.24) is 0 Å². The van der Waals surface area contributed by atoms with Gasteiger partial charge in [0.2, 0.25) is 6.54 Å². The minimum absolute atomic E-state index is 0. The zero-order chi connectivity index (χ0) is 11.7. The number of hydrogen-bond donors (Lipinski definition) is 2. The summed E-state index contributed by atoms with van der Waals surface area (Å²) in [6.07, 6.45) is 1.06. The van der Waals surface area contributed by atoms with Gasteiger partial charge in [0.15, 0.2) is 0 Å². The number of aliphatic hydroxyl groups is 1. The molecule has 0 unspecified atom stereocenters. The summed E-state index contributed by atoms with van der Waals surface area (Å²) >= 11 is 0. The van der Waals surface area contributed by atoms with Gasteiger partial charge in [-0.3, -0.25) is 10.1 Å². The molecule has 5 nitrogen and oxygen atoms in total. The molecule has 0 aromatic carbocycles. The molecule has 1 heterocycles. The lowest BCUT2D eigenvalue weighted by Gasteiger charge is -2.39. The zero-order valence-electron chi connectivity index (χ0n) is 10.1. The van der Waals surface area contributed by atoms with Crippen molar-refractivity contribution in [2.45, 2.75) is 44.8 Å². The van der Waals surface area contributed by atoms with E-state index in [0.717, 1.165) is 13.1 Å². The van der Waals surface area contributed by atoms with E-state index in [-0.39, 0.29) is 24.5 Å². The van der Waals surface area contributed by atoms with E-state index in [9.17, 15) is 15.2 Å². The first-order chi connectivity index (χ1) is 6.73. The molecular formula is C10H21ClN2O3. The van der Waals surface area contributed by atoms with E-state index in [0.29, 0.717) is 12.8 Å². The van der Waals surface area contributed by atoms with Crippen LogP contribution in [0.5, 0.6) is 0 Å². The van der Waals surface area contributed by atoms with Gasteiger partial charge in [0, 0.05) is 17.8 Å². The smallest absolute Gasteiger partial charge is 0.232 e. The van der Waals surface area contributed by atoms with Crippen molar-refractivity contribution in [2.75, 3.05) is 19.6 Å². The van der Waals surface area contributed by atoms with E-state index in [4.69, 9.17) is 0 Å². The molecule has 2 N–H and O–H groups in total. The Morgan fingerprint density at radius 1 is 1.38 bits per heavy atom. The number of piperidine rings is 1. The second-order valence-corrected chi connectivity index (χ2v) is 5.57. The maximum Gasteiger partial charge on any atom is 0.232 e. The SMILES string of the molecule is CC(C)(C)[NH+]1CCC(O)(C[N+](=O)[O-])CC1.[Cl-]. The molecule has 0 aromatic rings. The maximum atomic E-state index is 10.4. The van der Waals surface area contributed by atoms with Crippen LogP contribution in [0.3, 0.4) is 0 Å². The molecular weight excluding hydrogens is 232 g/mol. The van der Waals surface area contributed by atoms with Crippen molar-refractivity contribution >= 4 is 0 Å². The van der Waals surface area contributed by atoms with Crippen LogP contribution in [0.25, 0.3) is 0 Å². The topological polar surface area (TPSA) is 67.8 Å². The maximum absolute atomic E-state index is 10.4. The van der Waals surface area contributed by atoms with Crippen LogP contribution < -0.4 is 17.3 Å². The fourth-order valence-electron chi connectivity index (χ4n) is 2.17. The number of nitrogens with zero attached hydrogens (tertiary/aromatic N) is 1. The average molecular weight is 253 g/mol. The molecule has 1 rings (SSSR count). The number of rotatable bonds is 2. The summed E-state index contributed by atoms with van der Waals surface area (Å²) in [7, 11) is 0. The van der Waals surface area contributed by atoms with Crippen LogP contribution in [-0.2, 0) is 0 Å². The summed E-state index contributed by atoms with van der Waals surface area (Å²) in [5.41, 5.74) is -0.909. The van der Waals surface area contributed by atoms with Crippen LogP contribution in [0.15, 0.2) is 0 Å². The zero-order valence-corrected chi connectivity index (χ0v) is 10.9. The van der Waals surface area contributed by atoms with Crippen molar-refractivity contribution in [3.63, 3.8) is 0 Å². The van der Waals surface area contributed by atoms with E-state index in [1.807, 2.05) is 0 Å². The van der Waals surface area contributed by atoms with E-state index < -0.39 is 10.5 Å². The van der Waals surface area contributed by atoms with Gasteiger partial charge in [-0.15, -0.1) is 0 Å². The van der Waals surface area contributed by atoms with Crippen LogP contribution in [0, 0.1) is 10.1 Å². The van der Waals surface area contributed by atoms with Gasteiger partial charge in [-0.05, 0) is 20.8 Å². The third-order valence-corrected chi connectivity index (χ3v) is 3.27. The fraction of sp³-hybridized carbons (Fsp3) is 1.00. The lowest BCUT2D eigenvalue weighted by atomic mass is 9.89. The predicted octanol–water partition coefficient (Wildman–Crippen LogP) is -3.52. The monoisotopic (exact) mass is 252 g/mol. The first-order valence-electron chi connectivity index (χ1n) is 5.42. The van der Waals surface area contributed by atoms with Gasteiger partial charge in [-0.25, -0.2) is 0 Å². The summed E-state index contributed by atoms with van der Waals surface area (Å²) in [6, 6.07) is 0. The molecule has 1 aliphatic rings. The van der Waals surface area contributed by atoms with Crippen molar-refractivity contribution in [2.24, 2.45) is 0 Å². The summed E-state index contributed by atoms with van der Waals surface area (Å²) in [5.74, 6) is 0. The fourth-order valence-corrected chi connectivity index (χ4v) is 2.17. The molecule has 0 radical (unpaired) electrons. The van der Waals surface area contributed by atoms with E-state index >= 15 is 0 Å². The summed E-state index contributed by atoms with van der Waals surface area (Å²) < 4.78 is 0. The molecule has 16 heavy (non-hydrogen) atoms. The predicted molar refractivity (Wildman–Crippen MR) is 56.5 cm³/mol. The highest BCUT2D eigenvalue weighted by Gasteiger charge is 2.41. The van der Waals surface area contributed by atoms with Gasteiger partial charge in [-0.1, -0.05) is 0 Å². The highest BCUT2D eigenvalue weighted by Crippen LogP contribution is 2.17. The molecule has 0 aromatic heterocycles. The molecule has 0 saturated carbocycles. The van der Waals surface area contributed by atoms with Gasteiger partial charge in [0.05, 0.1) is 18.6 Å². The first-order valence-corrected chi connectivity index (χ1v) is 5.42. The lowest BCUT2D eigenvalue weighted by molar-refractivity contribution is -0.953. The van der Waals surface area contributed by atoms with Crippen LogP contribution >= 0.6 is 0 Å². The minimum atomic E-state index is -1.07. The Morgan fingerprint density at radius 2 is 1.81 bits per heavy atom. The highest BCUT2D eigenvalue weighted by molar-refractivity contribution is 4.80. The highest BCUT2D eigenvalue weighted by atomic mass is 35.5. The van der Waals surface area contributed by atoms with Crippen molar-refractivity contribution < 1.29 is 27.3 Å². The Balaban J connectivity index is 0.00000225. The third kappa shape index (κ3) is 4.23. The summed E-state index contributed by atoms with van der Waals surface area (Å²) in [5, 5.41) is 20.4. The van der Waals surface area contributed by atoms with Crippen LogP contribution in [0.1, 0.15) is 33.6 Å². The van der Waals surface area contributed by atoms with E-state index in [1.165, 1.54) is 4.90 Å². The molecule has 0 spiro atoms. The van der Waals surface area contributed by atoms with Crippen LogP contribution in [0.2, 0.25) is 0 Å². The van der Waals surface area contributed by atoms with Gasteiger partial charge in [0.25, 0.3) is 0 Å².